The number of ketones is 1. The second-order valence-electron chi connectivity index (χ2n) is 2.28. The number of benzene rings is 1. The summed E-state index contributed by atoms with van der Waals surface area (Å²) in [5.41, 5.74) is 0.700. The summed E-state index contributed by atoms with van der Waals surface area (Å²) in [4.78, 5) is 11.4. The molecule has 1 aromatic rings. The average Bonchev–Trinajstić information content (AvgIpc) is 2.15. The van der Waals surface area contributed by atoms with Gasteiger partial charge in [-0.25, -0.2) is 0 Å². The second kappa shape index (κ2) is 5.25. The zero-order valence-electron chi connectivity index (χ0n) is 6.66. The van der Waals surface area contributed by atoms with Gasteiger partial charge < -0.3 is 0 Å². The molecule has 0 aromatic heterocycles. The van der Waals surface area contributed by atoms with E-state index >= 15 is 0 Å². The van der Waals surface area contributed by atoms with Crippen molar-refractivity contribution in [3.63, 3.8) is 0 Å². The van der Waals surface area contributed by atoms with E-state index in [2.05, 4.69) is 22.6 Å². The van der Waals surface area contributed by atoms with Crippen LogP contribution in [0.3, 0.4) is 0 Å². The maximum atomic E-state index is 11.4. The lowest BCUT2D eigenvalue weighted by atomic mass is 10.2. The fourth-order valence-electron chi connectivity index (χ4n) is 0.863. The summed E-state index contributed by atoms with van der Waals surface area (Å²) < 4.78 is 0.934. The molecule has 0 unspecified atom stereocenters. The minimum atomic E-state index is 0.0107. The van der Waals surface area contributed by atoms with Crippen LogP contribution in [0.2, 0.25) is 0 Å². The third kappa shape index (κ3) is 3.01. The van der Waals surface area contributed by atoms with Crippen LogP contribution in [0.15, 0.2) is 24.3 Å². The molecule has 0 radical (unpaired) electrons. The van der Waals surface area contributed by atoms with Gasteiger partial charge in [0.15, 0.2) is 5.78 Å². The largest absolute Gasteiger partial charge is 0.293 e. The lowest BCUT2D eigenvalue weighted by Gasteiger charge is -1.99. The Balaban J connectivity index is 2.78. The maximum absolute atomic E-state index is 11.4. The first-order valence-corrected chi connectivity index (χ1v) is 5.60. The summed E-state index contributed by atoms with van der Waals surface area (Å²) in [6.07, 6.45) is 0. The molecule has 0 amide bonds. The van der Waals surface area contributed by atoms with Gasteiger partial charge in [-0.1, -0.05) is 18.2 Å². The number of nitrogens with zero attached hydrogens (tertiary/aromatic N) is 1. The van der Waals surface area contributed by atoms with Crippen LogP contribution in [0, 0.1) is 14.2 Å². The minimum Gasteiger partial charge on any atom is -0.293 e. The number of nitriles is 1. The quantitative estimate of drug-likeness (QED) is 0.490. The molecule has 0 aliphatic carbocycles. The Hall–Kier alpha value is -0.540. The molecule has 0 spiro atoms. The Morgan fingerprint density at radius 1 is 1.54 bits per heavy atom. The van der Waals surface area contributed by atoms with Gasteiger partial charge in [-0.3, -0.25) is 4.79 Å². The third-order valence-corrected chi connectivity index (χ3v) is 2.92. The molecule has 0 aliphatic heterocycles. The molecule has 0 aliphatic rings. The van der Waals surface area contributed by atoms with Crippen molar-refractivity contribution in [3.8, 4) is 5.40 Å². The van der Waals surface area contributed by atoms with Crippen LogP contribution in [0.5, 0.6) is 0 Å². The normalized spacial score (nSPS) is 9.23. The van der Waals surface area contributed by atoms with E-state index in [9.17, 15) is 4.79 Å². The van der Waals surface area contributed by atoms with Gasteiger partial charge in [0.1, 0.15) is 5.40 Å². The van der Waals surface area contributed by atoms with Crippen molar-refractivity contribution in [3.05, 3.63) is 33.4 Å². The molecule has 4 heteroatoms. The van der Waals surface area contributed by atoms with Gasteiger partial charge in [0.2, 0.25) is 0 Å². The van der Waals surface area contributed by atoms with Crippen molar-refractivity contribution in [1.82, 2.24) is 0 Å². The SMILES string of the molecule is N#CSCC(=O)c1ccccc1I. The smallest absolute Gasteiger partial charge is 0.174 e. The molecule has 2 nitrogen and oxygen atoms in total. The summed E-state index contributed by atoms with van der Waals surface area (Å²) in [6, 6.07) is 7.37. The number of thiocyanates is 1. The molecule has 1 rings (SSSR count). The average molecular weight is 303 g/mol. The van der Waals surface area contributed by atoms with Gasteiger partial charge in [-0.2, -0.15) is 5.26 Å². The van der Waals surface area contributed by atoms with Gasteiger partial charge in [-0.05, 0) is 40.4 Å². The molecule has 0 saturated carbocycles. The first-order valence-electron chi connectivity index (χ1n) is 3.54. The first-order chi connectivity index (χ1) is 6.25. The van der Waals surface area contributed by atoms with E-state index in [0.29, 0.717) is 5.56 Å². The van der Waals surface area contributed by atoms with E-state index in [1.165, 1.54) is 0 Å². The highest BCUT2D eigenvalue weighted by molar-refractivity contribution is 14.1. The highest BCUT2D eigenvalue weighted by Gasteiger charge is 2.08. The lowest BCUT2D eigenvalue weighted by molar-refractivity contribution is 0.102. The Morgan fingerprint density at radius 3 is 2.85 bits per heavy atom. The molecular formula is C9H6INOS. The third-order valence-electron chi connectivity index (χ3n) is 1.44. The van der Waals surface area contributed by atoms with Crippen LogP contribution < -0.4 is 0 Å². The summed E-state index contributed by atoms with van der Waals surface area (Å²) in [5.74, 6) is 0.243. The van der Waals surface area contributed by atoms with Crippen LogP contribution in [0.1, 0.15) is 10.4 Å². The number of hydrogen-bond donors (Lipinski definition) is 0. The van der Waals surface area contributed by atoms with E-state index in [0.717, 1.165) is 15.3 Å². The first kappa shape index (κ1) is 10.5. The van der Waals surface area contributed by atoms with Gasteiger partial charge in [0, 0.05) is 9.13 Å². The van der Waals surface area contributed by atoms with E-state index in [4.69, 9.17) is 5.26 Å². The zero-order valence-corrected chi connectivity index (χ0v) is 9.63. The van der Waals surface area contributed by atoms with E-state index in [1.54, 1.807) is 6.07 Å². The van der Waals surface area contributed by atoms with Crippen LogP contribution in [0.4, 0.5) is 0 Å². The summed E-state index contributed by atoms with van der Waals surface area (Å²) in [6.45, 7) is 0. The van der Waals surface area contributed by atoms with Gasteiger partial charge in [0.25, 0.3) is 0 Å². The molecule has 0 heterocycles. The van der Waals surface area contributed by atoms with Gasteiger partial charge in [-0.15, -0.1) is 0 Å². The number of Topliss-reactive ketones (excluding diaryl/α,β-unsaturated/α-hetero) is 1. The number of carbonyl (C=O) groups is 1. The van der Waals surface area contributed by atoms with Crippen LogP contribution >= 0.6 is 34.4 Å². The molecule has 0 atom stereocenters. The number of hydrogen-bond acceptors (Lipinski definition) is 3. The van der Waals surface area contributed by atoms with Crippen molar-refractivity contribution in [2.45, 2.75) is 0 Å². The molecule has 0 fully saturated rings. The Labute approximate surface area is 94.5 Å². The molecule has 0 N–H and O–H groups in total. The van der Waals surface area contributed by atoms with Gasteiger partial charge >= 0.3 is 0 Å². The number of halogens is 1. The molecule has 0 bridgehead atoms. The fraction of sp³-hybridized carbons (Fsp3) is 0.111. The van der Waals surface area contributed by atoms with Crippen molar-refractivity contribution >= 4 is 40.1 Å². The predicted octanol–water partition coefficient (Wildman–Crippen LogP) is 2.69. The Morgan fingerprint density at radius 2 is 2.23 bits per heavy atom. The highest BCUT2D eigenvalue weighted by atomic mass is 127. The lowest BCUT2D eigenvalue weighted by Crippen LogP contribution is -2.03. The minimum absolute atomic E-state index is 0.0107. The molecule has 1 aromatic carbocycles. The maximum Gasteiger partial charge on any atom is 0.174 e. The summed E-state index contributed by atoms with van der Waals surface area (Å²) in [7, 11) is 0. The predicted molar refractivity (Wildman–Crippen MR) is 61.6 cm³/mol. The van der Waals surface area contributed by atoms with E-state index in [1.807, 2.05) is 23.6 Å². The second-order valence-corrected chi connectivity index (χ2v) is 4.21. The van der Waals surface area contributed by atoms with Crippen molar-refractivity contribution in [2.24, 2.45) is 0 Å². The number of carbonyl (C=O) groups excluding carboxylic acids is 1. The van der Waals surface area contributed by atoms with Gasteiger partial charge in [0.05, 0.1) is 5.75 Å². The van der Waals surface area contributed by atoms with Crippen molar-refractivity contribution < 1.29 is 4.79 Å². The molecule has 13 heavy (non-hydrogen) atoms. The van der Waals surface area contributed by atoms with E-state index < -0.39 is 0 Å². The highest BCUT2D eigenvalue weighted by Crippen LogP contribution is 2.13. The van der Waals surface area contributed by atoms with Crippen LogP contribution in [-0.4, -0.2) is 11.5 Å². The summed E-state index contributed by atoms with van der Waals surface area (Å²) >= 11 is 3.09. The van der Waals surface area contributed by atoms with Crippen LogP contribution in [-0.2, 0) is 0 Å². The molecule has 0 saturated heterocycles. The number of thioether (sulfide) groups is 1. The van der Waals surface area contributed by atoms with Crippen molar-refractivity contribution in [2.75, 3.05) is 5.75 Å². The fourth-order valence-corrected chi connectivity index (χ4v) is 1.90. The topological polar surface area (TPSA) is 40.9 Å². The zero-order chi connectivity index (χ0) is 9.68. The monoisotopic (exact) mass is 303 g/mol. The van der Waals surface area contributed by atoms with E-state index in [-0.39, 0.29) is 11.5 Å². The molecule has 66 valence electrons. The standard InChI is InChI=1S/C9H6INOS/c10-8-4-2-1-3-7(8)9(12)5-13-6-11/h1-4H,5H2. The number of rotatable bonds is 3. The van der Waals surface area contributed by atoms with Crippen LogP contribution in [0.25, 0.3) is 0 Å². The molecular weight excluding hydrogens is 297 g/mol. The Kier molecular flexibility index (Phi) is 4.25. The van der Waals surface area contributed by atoms with Crippen molar-refractivity contribution in [1.29, 1.82) is 5.26 Å². The summed E-state index contributed by atoms with van der Waals surface area (Å²) in [5, 5.41) is 10.2. The Bertz CT molecular complexity index is 359.